The Labute approximate surface area is 611 Å². The van der Waals surface area contributed by atoms with Gasteiger partial charge in [-0.05, 0) is 143 Å². The average molecular weight is 1540 g/mol. The smallest absolute Gasteiger partial charge is 0.481 e. The second kappa shape index (κ2) is 137. The van der Waals surface area contributed by atoms with Gasteiger partial charge in [0.15, 0.2) is 6.29 Å². The zero-order valence-corrected chi connectivity index (χ0v) is 61.7. The molecule has 0 aliphatic carbocycles. The van der Waals surface area contributed by atoms with E-state index >= 15 is 0 Å². The summed E-state index contributed by atoms with van der Waals surface area (Å²) in [6.45, 7) is 13.8. The van der Waals surface area contributed by atoms with Crippen molar-refractivity contribution in [1.82, 2.24) is 0 Å². The zero-order chi connectivity index (χ0) is 66.3. The summed E-state index contributed by atoms with van der Waals surface area (Å²) in [7, 11) is -3.00. The number of rotatable bonds is 34. The summed E-state index contributed by atoms with van der Waals surface area (Å²) in [5.74, 6) is 27.0. The number of ether oxygens (including phenoxy) is 1. The number of esters is 1. The van der Waals surface area contributed by atoms with Crippen LogP contribution in [0.3, 0.4) is 0 Å². The first-order valence-corrected chi connectivity index (χ1v) is 36.7. The van der Waals surface area contributed by atoms with Crippen molar-refractivity contribution in [2.75, 3.05) is 25.1 Å². The number of aliphatic hydroxyl groups is 2. The van der Waals surface area contributed by atoms with Crippen molar-refractivity contribution in [2.45, 2.75) is 317 Å². The van der Waals surface area contributed by atoms with E-state index in [1.807, 2.05) is 19.1 Å². The molecule has 4 atom stereocenters. The Kier molecular flexibility index (Phi) is 162. The molecule has 0 aromatic rings. The number of carboxylic acids is 1. The minimum atomic E-state index is -3.00. The molecule has 15 heteroatoms. The number of aliphatic hydroxyl groups excluding tert-OH is 2. The Bertz CT molecular complexity index is 1770. The van der Waals surface area contributed by atoms with Crippen LogP contribution in [0.5, 0.6) is 0 Å². The molecule has 0 aromatic heterocycles. The van der Waals surface area contributed by atoms with Gasteiger partial charge >= 0.3 is 41.5 Å². The van der Waals surface area contributed by atoms with Crippen LogP contribution in [0.25, 0.3) is 0 Å². The second-order valence-corrected chi connectivity index (χ2v) is 32.6. The third-order valence-electron chi connectivity index (χ3n) is 9.67. The van der Waals surface area contributed by atoms with Gasteiger partial charge in [-0.25, -0.2) is 5.34 Å². The van der Waals surface area contributed by atoms with Gasteiger partial charge in [-0.1, -0.05) is 253 Å². The van der Waals surface area contributed by atoms with E-state index in [1.54, 1.807) is 6.92 Å². The minimum Gasteiger partial charge on any atom is -0.481 e. The van der Waals surface area contributed by atoms with Crippen molar-refractivity contribution in [3.05, 3.63) is 31.7 Å². The molecule has 0 spiro atoms. The molecule has 0 aromatic carbocycles. The maximum absolute atomic E-state index is 11.1. The third-order valence-corrected chi connectivity index (χ3v) is 9.90. The van der Waals surface area contributed by atoms with Gasteiger partial charge in [0.1, 0.15) is 10.6 Å². The van der Waals surface area contributed by atoms with E-state index < -0.39 is 32.5 Å². The molecule has 0 amide bonds. The molecule has 0 radical (unpaired) electrons. The van der Waals surface area contributed by atoms with Gasteiger partial charge in [0.25, 0.3) is 0 Å². The normalized spacial score (nSPS) is 11.3. The molecular formula is C70H136BBr4NaNiO7P-. The van der Waals surface area contributed by atoms with E-state index in [0.29, 0.717) is 25.7 Å². The van der Waals surface area contributed by atoms with Gasteiger partial charge in [0.05, 0.1) is 22.4 Å². The van der Waals surface area contributed by atoms with Gasteiger partial charge in [0.2, 0.25) is 0 Å². The van der Waals surface area contributed by atoms with Crippen molar-refractivity contribution < 1.29 is 86.0 Å². The fourth-order valence-corrected chi connectivity index (χ4v) is 5.88. The number of halogens is 4. The Balaban J connectivity index is -0.0000000553. The van der Waals surface area contributed by atoms with Crippen LogP contribution < -0.4 is 29.6 Å². The summed E-state index contributed by atoms with van der Waals surface area (Å²) < 4.78 is 57.9. The quantitative estimate of drug-likeness (QED) is 0.00675. The molecule has 85 heavy (non-hydrogen) atoms. The van der Waals surface area contributed by atoms with Crippen molar-refractivity contribution >= 4 is 92.9 Å². The topological polar surface area (TPSA) is 121 Å². The van der Waals surface area contributed by atoms with Crippen LogP contribution in [-0.2, 0) is 35.6 Å². The molecule has 7 nitrogen and oxygen atoms in total. The summed E-state index contributed by atoms with van der Waals surface area (Å²) >= 11 is 12.5. The van der Waals surface area contributed by atoms with E-state index in [9.17, 15) is 14.4 Å². The molecule has 0 bridgehead atoms. The van der Waals surface area contributed by atoms with E-state index in [4.69, 9.17) is 30.9 Å². The number of hydrogen-bond donors (Lipinski definition) is 3. The molecule has 0 saturated carbocycles. The number of hydrogen-bond acceptors (Lipinski definition) is 6. The average Bonchev–Trinajstić information content (AvgIpc) is 3.45. The van der Waals surface area contributed by atoms with Crippen LogP contribution in [0.15, 0.2) is 24.3 Å². The fourth-order valence-electron chi connectivity index (χ4n) is 5.72. The van der Waals surface area contributed by atoms with E-state index in [2.05, 4.69) is 168 Å². The molecule has 0 fully saturated rings. The monoisotopic (exact) mass is 1540 g/mol. The van der Waals surface area contributed by atoms with E-state index in [0.717, 1.165) is 128 Å². The molecule has 4 unspecified atom stereocenters. The molecule has 3 N–H and O–H groups in total. The van der Waals surface area contributed by atoms with Crippen molar-refractivity contribution in [3.63, 3.8) is 0 Å². The van der Waals surface area contributed by atoms with Crippen LogP contribution >= 0.6 is 66.4 Å². The number of carbonyl (C=O) groups is 3. The van der Waals surface area contributed by atoms with E-state index in [-0.39, 0.29) is 114 Å². The molecule has 0 aliphatic heterocycles. The predicted octanol–water partition coefficient (Wildman–Crippen LogP) is 20.0. The molecule has 0 aliphatic rings. The van der Waals surface area contributed by atoms with Crippen LogP contribution in [0.1, 0.15) is 322 Å². The first-order valence-electron chi connectivity index (χ1n) is 33.0. The molecule has 0 saturated heterocycles. The summed E-state index contributed by atoms with van der Waals surface area (Å²) in [6.07, 6.45) is 43.8. The number of carboxylic acid groups (broad SMARTS) is 1. The fraction of sp³-hybridized carbons (Fsp3) is 0.743. The Morgan fingerprint density at radius 1 is 0.529 bits per heavy atom. The van der Waals surface area contributed by atoms with Crippen molar-refractivity contribution in [2.24, 2.45) is 0 Å². The van der Waals surface area contributed by atoms with Gasteiger partial charge in [-0.15, -0.1) is 23.7 Å². The van der Waals surface area contributed by atoms with Crippen LogP contribution in [0.4, 0.5) is 0 Å². The Morgan fingerprint density at radius 2 is 0.847 bits per heavy atom. The molecule has 0 heterocycles. The summed E-state index contributed by atoms with van der Waals surface area (Å²) in [6, 6.07) is 0. The Morgan fingerprint density at radius 3 is 1.21 bits per heavy atom. The maximum Gasteiger partial charge on any atom is 1.00 e. The standard InChI is InChI=1S/C20H32O2.C18H32O2.C8H13Br.C8H14O.C8H12O.C2H6O.5CH4.CH3.BH4.Br3P.Na.Ni/c1-3-5-6-7-8-9-10-11-12-13-14-15-16-17-18-19-20(21)22-4-2;1-2-3-4-5-6-7-8-9-10-11-12-13-14-15-16-17-18(19)20;3*1-2-3-4-5-6-7-8-9;1-2-3;;;;;;;;1-4(2)3;;/h3-7,10,13-19H2,1-2H3;6-7,9-10H,2-5,8,11-17H2,1H3,(H,19,20);2-5,8H2,1H3;9H,2-5,8H2,1H3;8H,2-5H2,1H3;3H,2H2,1H3;5*1H4;1H3;1H4;;;/q;;;;;;;;;;;2*-1;;+1;/b;7-6-,10-9-;;;;;;;;;;;;;;/i10D;3*8D;;;;;;;;;1D4;;;. The third kappa shape index (κ3) is 187. The number of aliphatic carboxylic acids is 1. The van der Waals surface area contributed by atoms with E-state index in [1.165, 1.54) is 77.0 Å². The zero-order valence-electron chi connectivity index (χ0n) is 59.5. The maximum atomic E-state index is 11.1. The van der Waals surface area contributed by atoms with Gasteiger partial charge in [0, 0.05) is 69.4 Å². The van der Waals surface area contributed by atoms with Gasteiger partial charge < -0.3 is 27.5 Å². The molecule has 506 valence electrons. The first kappa shape index (κ1) is 101. The van der Waals surface area contributed by atoms with Crippen LogP contribution in [0, 0.1) is 66.6 Å². The van der Waals surface area contributed by atoms with Crippen molar-refractivity contribution in [1.29, 1.82) is 5.34 Å². The van der Waals surface area contributed by atoms with Crippen LogP contribution in [-0.4, -0.2) is 72.3 Å². The SMILES string of the molecule is BrP(Br)Br.C.C.C.C.C.CCCCCC#CC=O.CCO.[2H]C(/C=C\CCCCC)/C=C\CCCCCCCC(=O)O.[2H]C(Br)C#CCCCCC.[2H]C(C#CCCCCC)C#CCCCCCCCC(=O)OCC.[2H]C(O)C#CCCCCC.[2H][B-]([2H])([2H])[2H].[CH3-].[Na+].[Ni]. The predicted molar refractivity (Wildman–Crippen MR) is 401 cm³/mol. The number of alkyl halides is 1. The summed E-state index contributed by atoms with van der Waals surface area (Å²) in [5, 5.41) is 24.1. The Hall–Kier alpha value is -0.282. The molecular weight excluding hydrogens is 1400 g/mol. The minimum absolute atomic E-state index is 0. The number of aldehydes is 1. The second-order valence-electron chi connectivity index (χ2n) is 16.8. The molecule has 0 rings (SSSR count). The number of unbranched alkanes of at least 4 members (excludes halogenated alkanes) is 25. The van der Waals surface area contributed by atoms with Crippen LogP contribution in [0.2, 0.25) is 0 Å². The van der Waals surface area contributed by atoms with Gasteiger partial charge in [-0.3, -0.25) is 14.4 Å². The number of allylic oxidation sites excluding steroid dienone is 4. The number of carbonyl (C=O) groups excluding carboxylic acids is 2. The first-order chi connectivity index (χ1) is 40.5. The summed E-state index contributed by atoms with van der Waals surface area (Å²) in [5.41, 5.74) is 0. The summed E-state index contributed by atoms with van der Waals surface area (Å²) in [4.78, 5) is 31.1. The van der Waals surface area contributed by atoms with Gasteiger partial charge in [-0.2, -0.15) is 0 Å². The largest absolute Gasteiger partial charge is 1.00 e. The van der Waals surface area contributed by atoms with Crippen molar-refractivity contribution in [3.8, 4) is 59.2 Å².